The fourth-order valence-corrected chi connectivity index (χ4v) is 4.60. The van der Waals surface area contributed by atoms with Crippen molar-refractivity contribution >= 4 is 28.9 Å². The molecule has 1 amide bonds. The molecule has 2 aromatic rings. The van der Waals surface area contributed by atoms with Crippen LogP contribution in [0.4, 0.5) is 5.82 Å². The summed E-state index contributed by atoms with van der Waals surface area (Å²) in [6.07, 6.45) is 0.253. The average molecular weight is 487 g/mol. The number of aromatic nitrogens is 4. The van der Waals surface area contributed by atoms with Gasteiger partial charge in [0.15, 0.2) is 23.8 Å². The van der Waals surface area contributed by atoms with Crippen molar-refractivity contribution in [1.29, 1.82) is 0 Å². The van der Waals surface area contributed by atoms with Crippen LogP contribution in [0.15, 0.2) is 6.33 Å². The molecule has 1 aliphatic carbocycles. The zero-order valence-electron chi connectivity index (χ0n) is 19.7. The topological polar surface area (TPSA) is 175 Å². The predicted octanol–water partition coefficient (Wildman–Crippen LogP) is -0.115. The van der Waals surface area contributed by atoms with Crippen LogP contribution in [0, 0.1) is 23.7 Å². The van der Waals surface area contributed by atoms with Crippen molar-refractivity contribution in [3.63, 3.8) is 0 Å². The maximum Gasteiger partial charge on any atom is 0.308 e. The number of carbonyl (C=O) groups excluding carboxylic acids is 2. The van der Waals surface area contributed by atoms with Crippen molar-refractivity contribution in [2.24, 2.45) is 11.8 Å². The zero-order valence-corrected chi connectivity index (χ0v) is 19.7. The number of amides is 1. The van der Waals surface area contributed by atoms with Gasteiger partial charge >= 0.3 is 5.97 Å². The van der Waals surface area contributed by atoms with E-state index in [1.54, 1.807) is 6.92 Å². The van der Waals surface area contributed by atoms with Gasteiger partial charge < -0.3 is 30.7 Å². The van der Waals surface area contributed by atoms with Crippen molar-refractivity contribution < 1.29 is 29.3 Å². The number of carbonyl (C=O) groups is 2. The third-order valence-electron chi connectivity index (χ3n) is 6.54. The summed E-state index contributed by atoms with van der Waals surface area (Å²) in [5.74, 6) is 6.02. The number of anilines is 1. The van der Waals surface area contributed by atoms with Crippen molar-refractivity contribution in [2.45, 2.75) is 63.6 Å². The van der Waals surface area contributed by atoms with E-state index in [2.05, 4.69) is 32.1 Å². The van der Waals surface area contributed by atoms with Gasteiger partial charge in [-0.1, -0.05) is 5.92 Å². The van der Waals surface area contributed by atoms with E-state index in [1.165, 1.54) is 18.0 Å². The van der Waals surface area contributed by atoms with E-state index in [1.807, 2.05) is 0 Å². The summed E-state index contributed by atoms with van der Waals surface area (Å²) in [5.41, 5.74) is 6.63. The van der Waals surface area contributed by atoms with Gasteiger partial charge in [-0.3, -0.25) is 14.2 Å². The fourth-order valence-electron chi connectivity index (χ4n) is 4.60. The summed E-state index contributed by atoms with van der Waals surface area (Å²) in [4.78, 5) is 36.7. The Labute approximate surface area is 202 Å². The molecule has 188 valence electrons. The summed E-state index contributed by atoms with van der Waals surface area (Å²) in [5, 5.41) is 23.4. The molecule has 0 unspecified atom stereocenters. The molecule has 12 heteroatoms. The SMILES string of the molecule is CCNC(=O)[C@H]1O[C@@H](n2cnc3c(N)nc(C#CCC4CCC(C(=O)OC)CC4)nc32)[C@@H](O)[C@H]1O. The lowest BCUT2D eigenvalue weighted by Gasteiger charge is -2.25. The number of nitrogens with one attached hydrogen (secondary N) is 1. The number of nitrogen functional groups attached to an aromatic ring is 1. The molecule has 4 atom stereocenters. The lowest BCUT2D eigenvalue weighted by atomic mass is 9.81. The Bertz CT molecular complexity index is 1150. The van der Waals surface area contributed by atoms with Crippen molar-refractivity contribution in [3.05, 3.63) is 12.2 Å². The number of fused-ring (bicyclic) bond motifs is 1. The van der Waals surface area contributed by atoms with Gasteiger partial charge in [0, 0.05) is 13.0 Å². The molecule has 0 bridgehead atoms. The first kappa shape index (κ1) is 24.8. The number of esters is 1. The second-order valence-electron chi connectivity index (χ2n) is 8.83. The second-order valence-corrected chi connectivity index (χ2v) is 8.83. The van der Waals surface area contributed by atoms with Gasteiger partial charge in [0.1, 0.15) is 17.7 Å². The van der Waals surface area contributed by atoms with Crippen LogP contribution in [-0.4, -0.2) is 73.6 Å². The van der Waals surface area contributed by atoms with Crippen LogP contribution in [0.5, 0.6) is 0 Å². The summed E-state index contributed by atoms with van der Waals surface area (Å²) >= 11 is 0. The van der Waals surface area contributed by atoms with Gasteiger partial charge in [0.25, 0.3) is 5.91 Å². The monoisotopic (exact) mass is 486 g/mol. The highest BCUT2D eigenvalue weighted by atomic mass is 16.6. The van der Waals surface area contributed by atoms with E-state index < -0.39 is 30.4 Å². The van der Waals surface area contributed by atoms with Gasteiger partial charge in [-0.15, -0.1) is 0 Å². The van der Waals surface area contributed by atoms with Crippen molar-refractivity contribution in [2.75, 3.05) is 19.4 Å². The van der Waals surface area contributed by atoms with Crippen LogP contribution < -0.4 is 11.1 Å². The molecule has 0 aromatic carbocycles. The first-order valence-corrected chi connectivity index (χ1v) is 11.7. The Balaban J connectivity index is 1.49. The third kappa shape index (κ3) is 5.07. The highest BCUT2D eigenvalue weighted by Gasteiger charge is 2.47. The van der Waals surface area contributed by atoms with E-state index >= 15 is 0 Å². The first-order valence-electron chi connectivity index (χ1n) is 11.7. The highest BCUT2D eigenvalue weighted by Crippen LogP contribution is 2.33. The number of methoxy groups -OCH3 is 1. The quantitative estimate of drug-likeness (QED) is 0.329. The summed E-state index contributed by atoms with van der Waals surface area (Å²) in [7, 11) is 1.41. The predicted molar refractivity (Wildman–Crippen MR) is 123 cm³/mol. The molecule has 1 aliphatic heterocycles. The smallest absolute Gasteiger partial charge is 0.308 e. The number of hydrogen-bond donors (Lipinski definition) is 4. The van der Waals surface area contributed by atoms with E-state index in [-0.39, 0.29) is 29.2 Å². The number of ether oxygens (including phenoxy) is 2. The Morgan fingerprint density at radius 3 is 2.69 bits per heavy atom. The van der Waals surface area contributed by atoms with E-state index in [0.717, 1.165) is 25.7 Å². The van der Waals surface area contributed by atoms with Crippen LogP contribution in [0.2, 0.25) is 0 Å². The molecule has 0 radical (unpaired) electrons. The molecular formula is C23H30N6O6. The zero-order chi connectivity index (χ0) is 25.1. The molecular weight excluding hydrogens is 456 g/mol. The lowest BCUT2D eigenvalue weighted by molar-refractivity contribution is -0.146. The molecule has 4 rings (SSSR count). The fraction of sp³-hybridized carbons (Fsp3) is 0.609. The molecule has 2 fully saturated rings. The third-order valence-corrected chi connectivity index (χ3v) is 6.54. The number of rotatable bonds is 5. The van der Waals surface area contributed by atoms with Crippen molar-refractivity contribution in [3.8, 4) is 11.8 Å². The molecule has 2 aliphatic rings. The molecule has 1 saturated carbocycles. The molecule has 2 aromatic heterocycles. The van der Waals surface area contributed by atoms with Crippen LogP contribution >= 0.6 is 0 Å². The minimum absolute atomic E-state index is 0.0330. The van der Waals surface area contributed by atoms with E-state index in [4.69, 9.17) is 15.2 Å². The minimum Gasteiger partial charge on any atom is -0.469 e. The van der Waals surface area contributed by atoms with Crippen molar-refractivity contribution in [1.82, 2.24) is 24.8 Å². The highest BCUT2D eigenvalue weighted by molar-refractivity contribution is 5.83. The van der Waals surface area contributed by atoms with Gasteiger partial charge in [0.05, 0.1) is 19.4 Å². The lowest BCUT2D eigenvalue weighted by Crippen LogP contribution is -2.42. The van der Waals surface area contributed by atoms with Gasteiger partial charge in [0.2, 0.25) is 5.82 Å². The Hall–Kier alpha value is -3.27. The van der Waals surface area contributed by atoms with E-state index in [0.29, 0.717) is 24.4 Å². The number of aliphatic hydroxyl groups is 2. The Morgan fingerprint density at radius 1 is 1.26 bits per heavy atom. The van der Waals surface area contributed by atoms with Crippen LogP contribution in [0.3, 0.4) is 0 Å². The van der Waals surface area contributed by atoms with Gasteiger partial charge in [-0.05, 0) is 44.4 Å². The largest absolute Gasteiger partial charge is 0.469 e. The van der Waals surface area contributed by atoms with E-state index in [9.17, 15) is 19.8 Å². The molecule has 3 heterocycles. The van der Waals surface area contributed by atoms with Gasteiger partial charge in [-0.2, -0.15) is 0 Å². The number of aliphatic hydroxyl groups excluding tert-OH is 2. The Kier molecular flexibility index (Phi) is 7.49. The second kappa shape index (κ2) is 10.6. The van der Waals surface area contributed by atoms with Crippen LogP contribution in [-0.2, 0) is 19.1 Å². The minimum atomic E-state index is -1.42. The van der Waals surface area contributed by atoms with Gasteiger partial charge in [-0.25, -0.2) is 15.0 Å². The number of nitrogens with zero attached hydrogens (tertiary/aromatic N) is 4. The van der Waals surface area contributed by atoms with Crippen LogP contribution in [0.1, 0.15) is 51.1 Å². The number of nitrogens with two attached hydrogens (primary N) is 1. The number of imidazole rings is 1. The molecule has 1 saturated heterocycles. The Morgan fingerprint density at radius 2 is 2.00 bits per heavy atom. The standard InChI is InChI=1S/C23H30N6O6/c1-3-25-21(32)18-16(30)17(31)22(35-18)29-11-26-15-19(24)27-14(28-20(15)29)6-4-5-12-7-9-13(10-8-12)23(33)34-2/h11-13,16-18,22,30-31H,3,5,7-10H2,1-2H3,(H,25,32)(H2,24,27,28)/t12?,13?,16-,17+,18+,22-/m1/s1. The van der Waals surface area contributed by atoms with Crippen LogP contribution in [0.25, 0.3) is 11.2 Å². The number of likely N-dealkylation sites (N-methyl/N-ethyl adjacent to an activating group) is 1. The maximum atomic E-state index is 12.2. The molecule has 35 heavy (non-hydrogen) atoms. The summed E-state index contributed by atoms with van der Waals surface area (Å²) in [6, 6.07) is 0. The average Bonchev–Trinajstić information content (AvgIpc) is 3.40. The summed E-state index contributed by atoms with van der Waals surface area (Å²) < 4.78 is 11.9. The molecule has 12 nitrogen and oxygen atoms in total. The molecule has 0 spiro atoms. The first-order chi connectivity index (χ1) is 16.8. The normalized spacial score (nSPS) is 28.3. The molecule has 5 N–H and O–H groups in total. The summed E-state index contributed by atoms with van der Waals surface area (Å²) in [6.45, 7) is 2.10. The number of hydrogen-bond acceptors (Lipinski definition) is 10. The maximum absolute atomic E-state index is 12.2.